The van der Waals surface area contributed by atoms with Crippen molar-refractivity contribution in [1.82, 2.24) is 20.3 Å². The first-order valence-corrected chi connectivity index (χ1v) is 10.5. The zero-order chi connectivity index (χ0) is 22.0. The number of pyridine rings is 1. The third-order valence-electron chi connectivity index (χ3n) is 4.84. The van der Waals surface area contributed by atoms with Crippen molar-refractivity contribution in [2.75, 3.05) is 24.2 Å². The van der Waals surface area contributed by atoms with Gasteiger partial charge in [-0.25, -0.2) is 9.97 Å². The molecule has 0 radical (unpaired) electrons. The van der Waals surface area contributed by atoms with Crippen LogP contribution < -0.4 is 16.4 Å². The number of aromatic nitrogens is 3. The van der Waals surface area contributed by atoms with Crippen molar-refractivity contribution < 1.29 is 9.53 Å². The van der Waals surface area contributed by atoms with Crippen LogP contribution in [0.15, 0.2) is 36.4 Å². The van der Waals surface area contributed by atoms with Crippen LogP contribution in [0.25, 0.3) is 22.3 Å². The third kappa shape index (κ3) is 5.46. The van der Waals surface area contributed by atoms with Crippen molar-refractivity contribution >= 4 is 28.7 Å². The van der Waals surface area contributed by atoms with Gasteiger partial charge in [-0.15, -0.1) is 0 Å². The van der Waals surface area contributed by atoms with Gasteiger partial charge in [0.1, 0.15) is 5.52 Å². The number of nitrogens with zero attached hydrogens (tertiary/aromatic N) is 3. The first-order chi connectivity index (χ1) is 14.8. The van der Waals surface area contributed by atoms with Gasteiger partial charge in [-0.3, -0.25) is 4.79 Å². The fourth-order valence-corrected chi connectivity index (χ4v) is 3.13. The highest BCUT2D eigenvalue weighted by Crippen LogP contribution is 2.25. The second-order valence-electron chi connectivity index (χ2n) is 8.71. The number of benzene rings is 1. The van der Waals surface area contributed by atoms with E-state index in [1.807, 2.05) is 57.2 Å². The summed E-state index contributed by atoms with van der Waals surface area (Å²) in [6, 6.07) is 11.5. The Balaban J connectivity index is 1.54. The number of amides is 1. The van der Waals surface area contributed by atoms with E-state index in [1.54, 1.807) is 0 Å². The summed E-state index contributed by atoms with van der Waals surface area (Å²) in [4.78, 5) is 25.6. The van der Waals surface area contributed by atoms with Gasteiger partial charge < -0.3 is 21.1 Å². The zero-order valence-corrected chi connectivity index (χ0v) is 18.1. The number of ether oxygens (including phenoxy) is 1. The van der Waals surface area contributed by atoms with E-state index in [0.29, 0.717) is 41.6 Å². The average Bonchev–Trinajstić information content (AvgIpc) is 3.54. The van der Waals surface area contributed by atoms with Gasteiger partial charge in [0.2, 0.25) is 5.95 Å². The Labute approximate surface area is 181 Å². The molecular formula is C23H28N6O2. The van der Waals surface area contributed by atoms with Crippen LogP contribution >= 0.6 is 0 Å². The standard InChI is InChI=1S/C23H28N6O2/c1-23(2,3)31-13-12-25-20-19-18(28-22(24)29-20)11-10-17(27-19)14-4-6-15(7-5-14)21(30)26-16-8-9-16/h4-7,10-11,16H,8-9,12-13H2,1-3H3,(H,26,30)(H3,24,25,28,29). The van der Waals surface area contributed by atoms with Crippen LogP contribution in [0.2, 0.25) is 0 Å². The van der Waals surface area contributed by atoms with Crippen molar-refractivity contribution in [3.63, 3.8) is 0 Å². The summed E-state index contributed by atoms with van der Waals surface area (Å²) < 4.78 is 5.75. The minimum absolute atomic E-state index is 0.0339. The Bertz CT molecular complexity index is 1090. The Kier molecular flexibility index (Phi) is 5.73. The summed E-state index contributed by atoms with van der Waals surface area (Å²) in [7, 11) is 0. The van der Waals surface area contributed by atoms with Gasteiger partial charge in [0.25, 0.3) is 5.91 Å². The molecule has 0 unspecified atom stereocenters. The number of hydrogen-bond acceptors (Lipinski definition) is 7. The largest absolute Gasteiger partial charge is 0.374 e. The summed E-state index contributed by atoms with van der Waals surface area (Å²) in [6.07, 6.45) is 2.13. The lowest BCUT2D eigenvalue weighted by atomic mass is 10.1. The first kappa shape index (κ1) is 21.0. The number of carbonyl (C=O) groups excluding carboxylic acids is 1. The van der Waals surface area contributed by atoms with Gasteiger partial charge in [-0.05, 0) is 57.9 Å². The highest BCUT2D eigenvalue weighted by Gasteiger charge is 2.23. The number of hydrogen-bond donors (Lipinski definition) is 3. The summed E-state index contributed by atoms with van der Waals surface area (Å²) >= 11 is 0. The highest BCUT2D eigenvalue weighted by atomic mass is 16.5. The van der Waals surface area contributed by atoms with Gasteiger partial charge >= 0.3 is 0 Å². The van der Waals surface area contributed by atoms with Crippen molar-refractivity contribution in [3.8, 4) is 11.3 Å². The van der Waals surface area contributed by atoms with Crippen molar-refractivity contribution in [2.45, 2.75) is 45.3 Å². The van der Waals surface area contributed by atoms with E-state index >= 15 is 0 Å². The molecule has 4 rings (SSSR count). The lowest BCUT2D eigenvalue weighted by molar-refractivity contribution is 0.00331. The summed E-state index contributed by atoms with van der Waals surface area (Å²) in [5.41, 5.74) is 9.29. The molecule has 1 fully saturated rings. The number of nitrogen functional groups attached to an aromatic ring is 1. The molecule has 1 amide bonds. The SMILES string of the molecule is CC(C)(C)OCCNc1nc(N)nc2ccc(-c3ccc(C(=O)NC4CC4)cc3)nc12. The third-order valence-corrected chi connectivity index (χ3v) is 4.84. The molecule has 2 aromatic heterocycles. The average molecular weight is 421 g/mol. The van der Waals surface area contributed by atoms with Crippen LogP contribution in [0, 0.1) is 0 Å². The second kappa shape index (κ2) is 8.47. The number of fused-ring (bicyclic) bond motifs is 1. The topological polar surface area (TPSA) is 115 Å². The molecule has 1 aromatic carbocycles. The predicted molar refractivity (Wildman–Crippen MR) is 122 cm³/mol. The maximum atomic E-state index is 12.2. The molecule has 0 bridgehead atoms. The Morgan fingerprint density at radius 1 is 1.10 bits per heavy atom. The molecule has 0 spiro atoms. The summed E-state index contributed by atoms with van der Waals surface area (Å²) in [5.74, 6) is 0.725. The van der Waals surface area contributed by atoms with E-state index in [-0.39, 0.29) is 17.5 Å². The van der Waals surface area contributed by atoms with Gasteiger partial charge in [0, 0.05) is 23.7 Å². The van der Waals surface area contributed by atoms with Gasteiger partial charge in [0.05, 0.1) is 23.4 Å². The molecule has 0 saturated heterocycles. The Morgan fingerprint density at radius 3 is 2.52 bits per heavy atom. The fraction of sp³-hybridized carbons (Fsp3) is 0.391. The van der Waals surface area contributed by atoms with E-state index in [9.17, 15) is 4.79 Å². The molecule has 1 aliphatic carbocycles. The Hall–Kier alpha value is -3.26. The maximum Gasteiger partial charge on any atom is 0.251 e. The molecule has 8 nitrogen and oxygen atoms in total. The summed E-state index contributed by atoms with van der Waals surface area (Å²) in [6.45, 7) is 7.14. The number of rotatable bonds is 7. The van der Waals surface area contributed by atoms with Gasteiger partial charge in [-0.2, -0.15) is 4.98 Å². The van der Waals surface area contributed by atoms with E-state index in [1.165, 1.54) is 0 Å². The molecule has 1 aliphatic rings. The fourth-order valence-electron chi connectivity index (χ4n) is 3.13. The van der Waals surface area contributed by atoms with Crippen LogP contribution in [0.1, 0.15) is 44.0 Å². The van der Waals surface area contributed by atoms with E-state index < -0.39 is 0 Å². The van der Waals surface area contributed by atoms with E-state index in [2.05, 4.69) is 20.6 Å². The lowest BCUT2D eigenvalue weighted by Gasteiger charge is -2.19. The molecule has 0 aliphatic heterocycles. The minimum Gasteiger partial charge on any atom is -0.374 e. The molecule has 4 N–H and O–H groups in total. The van der Waals surface area contributed by atoms with E-state index in [0.717, 1.165) is 24.1 Å². The van der Waals surface area contributed by atoms with Crippen molar-refractivity contribution in [2.24, 2.45) is 0 Å². The molecule has 31 heavy (non-hydrogen) atoms. The Morgan fingerprint density at radius 2 is 1.84 bits per heavy atom. The smallest absolute Gasteiger partial charge is 0.251 e. The van der Waals surface area contributed by atoms with Crippen LogP contribution in [-0.2, 0) is 4.74 Å². The van der Waals surface area contributed by atoms with Crippen LogP contribution in [-0.4, -0.2) is 45.7 Å². The van der Waals surface area contributed by atoms with Crippen LogP contribution in [0.3, 0.4) is 0 Å². The number of nitrogens with two attached hydrogens (primary N) is 1. The minimum atomic E-state index is -0.207. The quantitative estimate of drug-likeness (QED) is 0.502. The maximum absolute atomic E-state index is 12.2. The van der Waals surface area contributed by atoms with Crippen LogP contribution in [0.5, 0.6) is 0 Å². The zero-order valence-electron chi connectivity index (χ0n) is 18.1. The monoisotopic (exact) mass is 420 g/mol. The first-order valence-electron chi connectivity index (χ1n) is 10.5. The highest BCUT2D eigenvalue weighted by molar-refractivity contribution is 5.95. The van der Waals surface area contributed by atoms with Crippen molar-refractivity contribution in [3.05, 3.63) is 42.0 Å². The molecule has 162 valence electrons. The van der Waals surface area contributed by atoms with Gasteiger partial charge in [-0.1, -0.05) is 12.1 Å². The lowest BCUT2D eigenvalue weighted by Crippen LogP contribution is -2.25. The molecule has 0 atom stereocenters. The number of nitrogens with one attached hydrogen (secondary N) is 2. The normalized spacial score (nSPS) is 13.9. The van der Waals surface area contributed by atoms with Crippen molar-refractivity contribution in [1.29, 1.82) is 0 Å². The molecular weight excluding hydrogens is 392 g/mol. The molecule has 1 saturated carbocycles. The second-order valence-corrected chi connectivity index (χ2v) is 8.71. The number of anilines is 2. The van der Waals surface area contributed by atoms with E-state index in [4.69, 9.17) is 15.5 Å². The van der Waals surface area contributed by atoms with Crippen LogP contribution in [0.4, 0.5) is 11.8 Å². The predicted octanol–water partition coefficient (Wildman–Crippen LogP) is 3.39. The van der Waals surface area contributed by atoms with Gasteiger partial charge in [0.15, 0.2) is 5.82 Å². The number of carbonyl (C=O) groups is 1. The molecule has 3 aromatic rings. The summed E-state index contributed by atoms with van der Waals surface area (Å²) in [5, 5.41) is 6.25. The molecule has 8 heteroatoms. The molecule has 2 heterocycles.